The molecule has 3 nitrogen and oxygen atoms in total. The Hall–Kier alpha value is -0.570. The van der Waals surface area contributed by atoms with E-state index in [4.69, 9.17) is 0 Å². The first kappa shape index (κ1) is 5.43. The second-order valence-corrected chi connectivity index (χ2v) is 0.777. The van der Waals surface area contributed by atoms with Crippen LogP contribution in [0.25, 0.3) is 0 Å². The summed E-state index contributed by atoms with van der Waals surface area (Å²) in [7, 11) is 4.43. The third kappa shape index (κ3) is 3.43. The molecule has 0 aliphatic heterocycles. The van der Waals surface area contributed by atoms with Gasteiger partial charge in [-0.3, -0.25) is 4.79 Å². The van der Waals surface area contributed by atoms with Crippen molar-refractivity contribution in [3.05, 3.63) is 7.11 Å². The summed E-state index contributed by atoms with van der Waals surface area (Å²) in [4.78, 5) is 9.62. The minimum absolute atomic E-state index is 0.208. The Labute approximate surface area is 36.1 Å². The zero-order chi connectivity index (χ0) is 4.99. The van der Waals surface area contributed by atoms with Crippen molar-refractivity contribution in [3.8, 4) is 0 Å². The van der Waals surface area contributed by atoms with Crippen LogP contribution in [0.15, 0.2) is 0 Å². The van der Waals surface area contributed by atoms with Gasteiger partial charge in [-0.2, -0.15) is 0 Å². The van der Waals surface area contributed by atoms with Gasteiger partial charge in [0.15, 0.2) is 0 Å². The monoisotopic (exact) mass is 87.0 g/mol. The Morgan fingerprint density at radius 3 is 2.50 bits per heavy atom. The second kappa shape index (κ2) is 2.66. The summed E-state index contributed by atoms with van der Waals surface area (Å²) in [6.45, 7) is -0.208. The summed E-state index contributed by atoms with van der Waals surface area (Å²) in [5.74, 6) is -0.558. The van der Waals surface area contributed by atoms with Gasteiger partial charge in [0.25, 0.3) is 0 Å². The molecule has 2 radical (unpaired) electrons. The fraction of sp³-hybridized carbons (Fsp3) is 0.333. The molecule has 2 N–H and O–H groups in total. The molecule has 0 unspecified atom stereocenters. The lowest BCUT2D eigenvalue weighted by Crippen LogP contribution is -2.15. The number of rotatable bonds is 2. The summed E-state index contributed by atoms with van der Waals surface area (Å²) in [6, 6.07) is 0. The lowest BCUT2D eigenvalue weighted by Gasteiger charge is -1.84. The highest BCUT2D eigenvalue weighted by Crippen LogP contribution is 1.61. The highest BCUT2D eigenvalue weighted by atomic mass is 16.5. The average Bonchev–Trinajstić information content (AvgIpc) is 1.35. The van der Waals surface area contributed by atoms with E-state index in [9.17, 15) is 4.79 Å². The van der Waals surface area contributed by atoms with Gasteiger partial charge >= 0.3 is 0 Å². The van der Waals surface area contributed by atoms with Gasteiger partial charge < -0.3 is 10.5 Å². The number of hydrogen-bond donors (Lipinski definition) is 1. The Morgan fingerprint density at radius 2 is 2.50 bits per heavy atom. The average molecular weight is 87.1 g/mol. The smallest absolute Gasteiger partial charge is 0.243 e. The normalized spacial score (nSPS) is 8.17. The van der Waals surface area contributed by atoms with Crippen LogP contribution in [0.3, 0.4) is 0 Å². The molecule has 0 saturated carbocycles. The molecule has 0 saturated heterocycles. The predicted molar refractivity (Wildman–Crippen MR) is 19.4 cm³/mol. The third-order valence-electron chi connectivity index (χ3n) is 0.226. The van der Waals surface area contributed by atoms with Crippen LogP contribution < -0.4 is 5.73 Å². The van der Waals surface area contributed by atoms with E-state index in [0.29, 0.717) is 0 Å². The molecule has 34 valence electrons. The van der Waals surface area contributed by atoms with Crippen LogP contribution in [0, 0.1) is 7.11 Å². The Bertz CT molecular complexity index is 52.8. The molecule has 0 aliphatic carbocycles. The lowest BCUT2D eigenvalue weighted by atomic mass is 10.7. The van der Waals surface area contributed by atoms with Crippen LogP contribution in [0.5, 0.6) is 0 Å². The van der Waals surface area contributed by atoms with Crippen molar-refractivity contribution in [2.45, 2.75) is 0 Å². The minimum atomic E-state index is -0.558. The van der Waals surface area contributed by atoms with Crippen molar-refractivity contribution in [2.24, 2.45) is 5.73 Å². The molecule has 0 bridgehead atoms. The van der Waals surface area contributed by atoms with E-state index in [1.807, 2.05) is 0 Å². The number of ether oxygens (including phenoxy) is 1. The maximum absolute atomic E-state index is 9.62. The number of nitrogens with two attached hydrogens (primary N) is 1. The first-order valence-corrected chi connectivity index (χ1v) is 1.37. The van der Waals surface area contributed by atoms with Crippen LogP contribution in [0.2, 0.25) is 0 Å². The van der Waals surface area contributed by atoms with Gasteiger partial charge in [-0.05, 0) is 0 Å². The quantitative estimate of drug-likeness (QED) is 0.477. The zero-order valence-electron chi connectivity index (χ0n) is 3.18. The molecule has 0 aliphatic rings. The van der Waals surface area contributed by atoms with Crippen molar-refractivity contribution >= 4 is 5.91 Å². The van der Waals surface area contributed by atoms with Crippen molar-refractivity contribution in [2.75, 3.05) is 6.61 Å². The van der Waals surface area contributed by atoms with E-state index in [1.165, 1.54) is 0 Å². The summed E-state index contributed by atoms with van der Waals surface area (Å²) < 4.78 is 3.83. The van der Waals surface area contributed by atoms with E-state index in [0.717, 1.165) is 0 Å². The van der Waals surface area contributed by atoms with Crippen molar-refractivity contribution in [1.82, 2.24) is 0 Å². The van der Waals surface area contributed by atoms with Gasteiger partial charge in [0, 0.05) is 0 Å². The topological polar surface area (TPSA) is 52.3 Å². The van der Waals surface area contributed by atoms with Crippen LogP contribution in [0.1, 0.15) is 0 Å². The molecule has 0 spiro atoms. The van der Waals surface area contributed by atoms with Gasteiger partial charge in [0.1, 0.15) is 13.7 Å². The van der Waals surface area contributed by atoms with Gasteiger partial charge in [0.05, 0.1) is 0 Å². The zero-order valence-corrected chi connectivity index (χ0v) is 3.18. The number of amides is 1. The summed E-state index contributed by atoms with van der Waals surface area (Å²) >= 11 is 0. The second-order valence-electron chi connectivity index (χ2n) is 0.777. The summed E-state index contributed by atoms with van der Waals surface area (Å²) in [6.07, 6.45) is 0. The predicted octanol–water partition coefficient (Wildman–Crippen LogP) is -0.843. The highest BCUT2D eigenvalue weighted by Gasteiger charge is 1.84. The largest absolute Gasteiger partial charge is 0.368 e. The molecule has 0 aromatic carbocycles. The van der Waals surface area contributed by atoms with E-state index < -0.39 is 5.91 Å². The standard InChI is InChI=1S/C3H5NO2/c1-6-2-3(4)5/h1H,2H2,(H2,4,5). The van der Waals surface area contributed by atoms with Crippen LogP contribution >= 0.6 is 0 Å². The highest BCUT2D eigenvalue weighted by molar-refractivity contribution is 5.74. The van der Waals surface area contributed by atoms with Crippen molar-refractivity contribution < 1.29 is 9.53 Å². The molecular weight excluding hydrogens is 82.0 g/mol. The number of hydrogen-bond acceptors (Lipinski definition) is 2. The fourth-order valence-electron chi connectivity index (χ4n) is 0.0821. The van der Waals surface area contributed by atoms with Gasteiger partial charge in [-0.15, -0.1) is 0 Å². The van der Waals surface area contributed by atoms with E-state index in [-0.39, 0.29) is 6.61 Å². The first-order valence-electron chi connectivity index (χ1n) is 1.37. The molecule has 0 heterocycles. The van der Waals surface area contributed by atoms with Crippen LogP contribution in [0.4, 0.5) is 0 Å². The summed E-state index contributed by atoms with van der Waals surface area (Å²) in [5.41, 5.74) is 4.56. The van der Waals surface area contributed by atoms with E-state index >= 15 is 0 Å². The molecule has 6 heavy (non-hydrogen) atoms. The van der Waals surface area contributed by atoms with Gasteiger partial charge in [-0.25, -0.2) is 0 Å². The fourth-order valence-corrected chi connectivity index (χ4v) is 0.0821. The van der Waals surface area contributed by atoms with Gasteiger partial charge in [0.2, 0.25) is 5.91 Å². The maximum Gasteiger partial charge on any atom is 0.243 e. The maximum atomic E-state index is 9.62. The Kier molecular flexibility index (Phi) is 2.40. The third-order valence-corrected chi connectivity index (χ3v) is 0.226. The molecule has 3 heteroatoms. The molecule has 0 aromatic rings. The molecule has 0 fully saturated rings. The number of carbonyl (C=O) groups is 1. The molecule has 0 aromatic heterocycles. The number of carbonyl (C=O) groups excluding carboxylic acids is 1. The molecular formula is C3H5NO2. The van der Waals surface area contributed by atoms with Gasteiger partial charge in [-0.1, -0.05) is 0 Å². The van der Waals surface area contributed by atoms with E-state index in [2.05, 4.69) is 17.6 Å². The van der Waals surface area contributed by atoms with E-state index in [1.54, 1.807) is 0 Å². The minimum Gasteiger partial charge on any atom is -0.368 e. The Morgan fingerprint density at radius 1 is 2.00 bits per heavy atom. The Balaban J connectivity index is 2.83. The van der Waals surface area contributed by atoms with Crippen molar-refractivity contribution in [3.63, 3.8) is 0 Å². The lowest BCUT2D eigenvalue weighted by molar-refractivity contribution is -0.120. The summed E-state index contributed by atoms with van der Waals surface area (Å²) in [5, 5.41) is 0. The van der Waals surface area contributed by atoms with Crippen LogP contribution in [-0.2, 0) is 9.53 Å². The van der Waals surface area contributed by atoms with Crippen LogP contribution in [-0.4, -0.2) is 12.5 Å². The molecule has 0 rings (SSSR count). The number of primary amides is 1. The SMILES string of the molecule is [CH]OCC(N)=O. The molecule has 1 amide bonds. The first-order chi connectivity index (χ1) is 2.77. The van der Waals surface area contributed by atoms with Crippen molar-refractivity contribution in [1.29, 1.82) is 0 Å². The molecule has 0 atom stereocenters.